The molecule has 1 aliphatic carbocycles. The zero-order valence-electron chi connectivity index (χ0n) is 11.9. The Balaban J connectivity index is 2.15. The summed E-state index contributed by atoms with van der Waals surface area (Å²) in [4.78, 5) is 6.83. The van der Waals surface area contributed by atoms with Gasteiger partial charge in [0.25, 0.3) is 0 Å². The highest BCUT2D eigenvalue weighted by molar-refractivity contribution is 5.44. The molecule has 0 unspecified atom stereocenters. The van der Waals surface area contributed by atoms with E-state index in [2.05, 4.69) is 47.1 Å². The van der Waals surface area contributed by atoms with E-state index in [-0.39, 0.29) is 0 Å². The summed E-state index contributed by atoms with van der Waals surface area (Å²) in [5, 5.41) is 3.55. The predicted octanol–water partition coefficient (Wildman–Crippen LogP) is 2.36. The van der Waals surface area contributed by atoms with Crippen LogP contribution in [0.5, 0.6) is 0 Å². The normalized spacial score (nSPS) is 14.2. The molecule has 1 aromatic heterocycles. The van der Waals surface area contributed by atoms with Crippen LogP contribution >= 0.6 is 0 Å². The fourth-order valence-electron chi connectivity index (χ4n) is 2.09. The molecular formula is C16H23N3. The van der Waals surface area contributed by atoms with E-state index in [0.29, 0.717) is 6.54 Å². The SMILES string of the molecule is C#CCN(CC)c1cc(CNC2CC2)cc(CC)n1. The van der Waals surface area contributed by atoms with Crippen LogP contribution in [-0.4, -0.2) is 24.1 Å². The van der Waals surface area contributed by atoms with Crippen molar-refractivity contribution >= 4 is 5.82 Å². The van der Waals surface area contributed by atoms with E-state index in [1.165, 1.54) is 18.4 Å². The van der Waals surface area contributed by atoms with E-state index >= 15 is 0 Å². The number of hydrogen-bond donors (Lipinski definition) is 1. The van der Waals surface area contributed by atoms with Gasteiger partial charge < -0.3 is 10.2 Å². The molecule has 1 aromatic rings. The number of nitrogens with one attached hydrogen (secondary N) is 1. The summed E-state index contributed by atoms with van der Waals surface area (Å²) in [6.07, 6.45) is 9.01. The van der Waals surface area contributed by atoms with Crippen LogP contribution in [0.4, 0.5) is 5.82 Å². The van der Waals surface area contributed by atoms with Crippen molar-refractivity contribution < 1.29 is 0 Å². The molecule has 1 N–H and O–H groups in total. The molecule has 0 bridgehead atoms. The quantitative estimate of drug-likeness (QED) is 0.760. The number of terminal acetylenes is 1. The van der Waals surface area contributed by atoms with Crippen LogP contribution in [-0.2, 0) is 13.0 Å². The molecule has 2 rings (SSSR count). The van der Waals surface area contributed by atoms with Gasteiger partial charge in [-0.1, -0.05) is 12.8 Å². The summed E-state index contributed by atoms with van der Waals surface area (Å²) in [5.74, 6) is 3.71. The molecule has 0 amide bonds. The maximum Gasteiger partial charge on any atom is 0.129 e. The molecule has 0 aliphatic heterocycles. The second-order valence-corrected chi connectivity index (χ2v) is 5.05. The number of pyridine rings is 1. The molecule has 19 heavy (non-hydrogen) atoms. The van der Waals surface area contributed by atoms with Crippen molar-refractivity contribution in [2.24, 2.45) is 0 Å². The highest BCUT2D eigenvalue weighted by Crippen LogP contribution is 2.21. The van der Waals surface area contributed by atoms with Crippen molar-refractivity contribution in [2.45, 2.75) is 45.7 Å². The van der Waals surface area contributed by atoms with Crippen molar-refractivity contribution in [1.82, 2.24) is 10.3 Å². The van der Waals surface area contributed by atoms with E-state index in [0.717, 1.165) is 37.1 Å². The zero-order valence-corrected chi connectivity index (χ0v) is 11.9. The summed E-state index contributed by atoms with van der Waals surface area (Å²) in [5.41, 5.74) is 2.45. The fraction of sp³-hybridized carbons (Fsp3) is 0.562. The van der Waals surface area contributed by atoms with Gasteiger partial charge in [-0.3, -0.25) is 0 Å². The third-order valence-corrected chi connectivity index (χ3v) is 3.45. The van der Waals surface area contributed by atoms with Gasteiger partial charge in [0.1, 0.15) is 5.82 Å². The number of anilines is 1. The highest BCUT2D eigenvalue weighted by atomic mass is 15.2. The van der Waals surface area contributed by atoms with Crippen LogP contribution in [0, 0.1) is 12.3 Å². The number of hydrogen-bond acceptors (Lipinski definition) is 3. The van der Waals surface area contributed by atoms with E-state index in [1.807, 2.05) is 0 Å². The molecule has 3 heteroatoms. The lowest BCUT2D eigenvalue weighted by Gasteiger charge is -2.21. The molecule has 1 saturated carbocycles. The second-order valence-electron chi connectivity index (χ2n) is 5.05. The van der Waals surface area contributed by atoms with E-state index in [1.54, 1.807) is 0 Å². The van der Waals surface area contributed by atoms with Crippen molar-refractivity contribution in [3.05, 3.63) is 23.4 Å². The standard InChI is InChI=1S/C16H23N3/c1-4-9-19(6-3)16-11-13(10-14(5-2)18-16)12-17-15-7-8-15/h1,10-11,15,17H,5-9,12H2,2-3H3. The van der Waals surface area contributed by atoms with Crippen LogP contribution < -0.4 is 10.2 Å². The average Bonchev–Trinajstić information content (AvgIpc) is 3.26. The third kappa shape index (κ3) is 3.97. The zero-order chi connectivity index (χ0) is 13.7. The van der Waals surface area contributed by atoms with Crippen molar-refractivity contribution in [1.29, 1.82) is 0 Å². The lowest BCUT2D eigenvalue weighted by molar-refractivity contribution is 0.685. The summed E-state index contributed by atoms with van der Waals surface area (Å²) in [6, 6.07) is 5.09. The largest absolute Gasteiger partial charge is 0.346 e. The Kier molecular flexibility index (Phi) is 4.81. The van der Waals surface area contributed by atoms with Gasteiger partial charge in [0.2, 0.25) is 0 Å². The summed E-state index contributed by atoms with van der Waals surface area (Å²) in [6.45, 7) is 6.69. The Bertz CT molecular complexity index is 458. The van der Waals surface area contributed by atoms with Gasteiger partial charge in [0.05, 0.1) is 6.54 Å². The van der Waals surface area contributed by atoms with Gasteiger partial charge in [-0.25, -0.2) is 4.98 Å². The van der Waals surface area contributed by atoms with Gasteiger partial charge in [-0.2, -0.15) is 0 Å². The molecule has 0 aromatic carbocycles. The summed E-state index contributed by atoms with van der Waals surface area (Å²) in [7, 11) is 0. The summed E-state index contributed by atoms with van der Waals surface area (Å²) < 4.78 is 0. The van der Waals surface area contributed by atoms with Gasteiger partial charge in [0.15, 0.2) is 0 Å². The average molecular weight is 257 g/mol. The maximum absolute atomic E-state index is 5.43. The van der Waals surface area contributed by atoms with Crippen molar-refractivity contribution in [3.8, 4) is 12.3 Å². The topological polar surface area (TPSA) is 28.2 Å². The molecule has 1 aliphatic rings. The van der Waals surface area contributed by atoms with Gasteiger partial charge in [-0.05, 0) is 43.9 Å². The third-order valence-electron chi connectivity index (χ3n) is 3.45. The molecule has 0 spiro atoms. The lowest BCUT2D eigenvalue weighted by atomic mass is 10.2. The van der Waals surface area contributed by atoms with E-state index in [4.69, 9.17) is 6.42 Å². The van der Waals surface area contributed by atoms with Crippen LogP contribution in [0.3, 0.4) is 0 Å². The molecule has 1 fully saturated rings. The minimum atomic E-state index is 0.617. The Morgan fingerprint density at radius 3 is 2.79 bits per heavy atom. The van der Waals surface area contributed by atoms with Gasteiger partial charge in [-0.15, -0.1) is 6.42 Å². The second kappa shape index (κ2) is 6.58. The monoisotopic (exact) mass is 257 g/mol. The molecular weight excluding hydrogens is 234 g/mol. The Morgan fingerprint density at radius 2 is 2.21 bits per heavy atom. The van der Waals surface area contributed by atoms with Crippen molar-refractivity contribution in [2.75, 3.05) is 18.0 Å². The fourth-order valence-corrected chi connectivity index (χ4v) is 2.09. The van der Waals surface area contributed by atoms with Crippen molar-refractivity contribution in [3.63, 3.8) is 0 Å². The molecule has 0 saturated heterocycles. The Hall–Kier alpha value is -1.53. The number of aryl methyl sites for hydroxylation is 1. The number of nitrogens with zero attached hydrogens (tertiary/aromatic N) is 2. The minimum absolute atomic E-state index is 0.617. The highest BCUT2D eigenvalue weighted by Gasteiger charge is 2.20. The van der Waals surface area contributed by atoms with E-state index in [9.17, 15) is 0 Å². The smallest absolute Gasteiger partial charge is 0.129 e. The minimum Gasteiger partial charge on any atom is -0.346 e. The number of rotatable bonds is 7. The van der Waals surface area contributed by atoms with Gasteiger partial charge >= 0.3 is 0 Å². The lowest BCUT2D eigenvalue weighted by Crippen LogP contribution is -2.25. The molecule has 0 radical (unpaired) electrons. The Labute approximate surface area is 116 Å². The molecule has 3 nitrogen and oxygen atoms in total. The van der Waals surface area contributed by atoms with Crippen LogP contribution in [0.2, 0.25) is 0 Å². The first-order valence-corrected chi connectivity index (χ1v) is 7.18. The molecule has 1 heterocycles. The Morgan fingerprint density at radius 1 is 1.42 bits per heavy atom. The van der Waals surface area contributed by atoms with Crippen LogP contribution in [0.15, 0.2) is 12.1 Å². The first-order chi connectivity index (χ1) is 9.26. The molecule has 0 atom stereocenters. The van der Waals surface area contributed by atoms with Gasteiger partial charge in [0, 0.05) is 24.8 Å². The first-order valence-electron chi connectivity index (χ1n) is 7.18. The number of aromatic nitrogens is 1. The first kappa shape index (κ1) is 13.9. The molecule has 102 valence electrons. The predicted molar refractivity (Wildman–Crippen MR) is 80.2 cm³/mol. The van der Waals surface area contributed by atoms with Crippen LogP contribution in [0.1, 0.15) is 37.9 Å². The van der Waals surface area contributed by atoms with E-state index < -0.39 is 0 Å². The van der Waals surface area contributed by atoms with Crippen LogP contribution in [0.25, 0.3) is 0 Å². The summed E-state index contributed by atoms with van der Waals surface area (Å²) >= 11 is 0. The maximum atomic E-state index is 5.43.